The van der Waals surface area contributed by atoms with Crippen LogP contribution in [0.25, 0.3) is 87.3 Å². The van der Waals surface area contributed by atoms with Crippen molar-refractivity contribution in [2.24, 2.45) is 0 Å². The van der Waals surface area contributed by atoms with E-state index in [-0.39, 0.29) is 45.7 Å². The number of furan rings is 1. The maximum absolute atomic E-state index is 9.36. The Labute approximate surface area is 248 Å². The largest absolute Gasteiger partial charge is 0.456 e. The molecular formula is C40H24O. The Morgan fingerprint density at radius 3 is 1.71 bits per heavy atom. The average molecular weight is 529 g/mol. The molecule has 0 saturated heterocycles. The van der Waals surface area contributed by atoms with E-state index >= 15 is 0 Å². The van der Waals surface area contributed by atoms with Crippen molar-refractivity contribution in [3.63, 3.8) is 0 Å². The van der Waals surface area contributed by atoms with E-state index in [1.54, 1.807) is 12.1 Å². The van der Waals surface area contributed by atoms with Gasteiger partial charge >= 0.3 is 0 Å². The summed E-state index contributed by atoms with van der Waals surface area (Å²) >= 11 is 0. The first-order valence-electron chi connectivity index (χ1n) is 17.5. The minimum absolute atomic E-state index is 0.183. The second-order valence-corrected chi connectivity index (χ2v) is 10.3. The minimum Gasteiger partial charge on any atom is -0.456 e. The zero-order chi connectivity index (χ0) is 33.9. The van der Waals surface area contributed by atoms with Crippen LogP contribution in [0.4, 0.5) is 0 Å². The Bertz CT molecular complexity index is 2850. The minimum atomic E-state index is -0.428. The lowest BCUT2D eigenvalue weighted by Crippen LogP contribution is -1.92. The van der Waals surface area contributed by atoms with Crippen molar-refractivity contribution in [1.82, 2.24) is 0 Å². The number of rotatable bonds is 2. The summed E-state index contributed by atoms with van der Waals surface area (Å²) in [6.07, 6.45) is 0. The molecule has 1 heteroatoms. The van der Waals surface area contributed by atoms with E-state index in [9.17, 15) is 5.48 Å². The molecule has 0 fully saturated rings. The Morgan fingerprint density at radius 1 is 0.415 bits per heavy atom. The standard InChI is InChI=1S/C40H24O/c1-2-12-27-25(11-1)23-36(29-14-4-3-13-28(27)29)40-33-18-7-5-16-31(33)39(32-17-6-8-19-34(32)40)26-21-22-38-35(24-26)30-15-9-10-20-37(30)41-38/h1-24H/i5D,6D,7D,8D,16D,17D,18D,19D. The highest BCUT2D eigenvalue weighted by molar-refractivity contribution is 6.26. The van der Waals surface area contributed by atoms with Crippen LogP contribution in [-0.2, 0) is 0 Å². The van der Waals surface area contributed by atoms with Gasteiger partial charge in [0.25, 0.3) is 0 Å². The van der Waals surface area contributed by atoms with Gasteiger partial charge in [0.05, 0.1) is 11.0 Å². The van der Waals surface area contributed by atoms with Crippen molar-refractivity contribution in [3.05, 3.63) is 145 Å². The van der Waals surface area contributed by atoms with E-state index in [0.29, 0.717) is 33.4 Å². The molecule has 41 heavy (non-hydrogen) atoms. The summed E-state index contributed by atoms with van der Waals surface area (Å²) in [5.74, 6) is 0. The third-order valence-electron chi connectivity index (χ3n) is 8.08. The summed E-state index contributed by atoms with van der Waals surface area (Å²) in [4.78, 5) is 0. The summed E-state index contributed by atoms with van der Waals surface area (Å²) in [5, 5.41) is 5.98. The molecule has 0 unspecified atom stereocenters. The van der Waals surface area contributed by atoms with Crippen LogP contribution in [0.15, 0.2) is 150 Å². The molecule has 1 nitrogen and oxygen atoms in total. The van der Waals surface area contributed by atoms with Crippen molar-refractivity contribution < 1.29 is 15.4 Å². The van der Waals surface area contributed by atoms with E-state index in [0.717, 1.165) is 32.3 Å². The van der Waals surface area contributed by atoms with Crippen LogP contribution < -0.4 is 0 Å². The molecular weight excluding hydrogens is 496 g/mol. The third kappa shape index (κ3) is 3.24. The zero-order valence-corrected chi connectivity index (χ0v) is 21.6. The highest BCUT2D eigenvalue weighted by Gasteiger charge is 2.19. The van der Waals surface area contributed by atoms with Crippen LogP contribution >= 0.6 is 0 Å². The number of hydrogen-bond donors (Lipinski definition) is 0. The van der Waals surface area contributed by atoms with Crippen molar-refractivity contribution in [2.45, 2.75) is 0 Å². The van der Waals surface area contributed by atoms with Crippen LogP contribution in [0.1, 0.15) is 11.0 Å². The lowest BCUT2D eigenvalue weighted by atomic mass is 9.83. The lowest BCUT2D eigenvalue weighted by Gasteiger charge is -2.19. The molecule has 0 aliphatic carbocycles. The molecule has 0 saturated carbocycles. The van der Waals surface area contributed by atoms with Crippen LogP contribution in [0.2, 0.25) is 0 Å². The van der Waals surface area contributed by atoms with E-state index in [1.165, 1.54) is 0 Å². The Hall–Kier alpha value is -5.40. The van der Waals surface area contributed by atoms with Crippen LogP contribution in [-0.4, -0.2) is 0 Å². The van der Waals surface area contributed by atoms with E-state index in [1.807, 2.05) is 84.9 Å². The predicted molar refractivity (Wildman–Crippen MR) is 175 cm³/mol. The molecule has 9 aromatic rings. The number of hydrogen-bond acceptors (Lipinski definition) is 1. The monoisotopic (exact) mass is 528 g/mol. The Balaban J connectivity index is 1.59. The molecule has 0 bridgehead atoms. The third-order valence-corrected chi connectivity index (χ3v) is 8.08. The fraction of sp³-hybridized carbons (Fsp3) is 0. The molecule has 8 aromatic carbocycles. The zero-order valence-electron chi connectivity index (χ0n) is 29.6. The predicted octanol–water partition coefficient (Wildman–Crippen LogP) is 11.5. The second kappa shape index (κ2) is 8.55. The normalized spacial score (nSPS) is 14.6. The van der Waals surface area contributed by atoms with Crippen molar-refractivity contribution in [3.8, 4) is 22.3 Å². The lowest BCUT2D eigenvalue weighted by molar-refractivity contribution is 0.669. The van der Waals surface area contributed by atoms with E-state index < -0.39 is 24.2 Å². The highest BCUT2D eigenvalue weighted by atomic mass is 16.3. The Morgan fingerprint density at radius 2 is 0.976 bits per heavy atom. The molecule has 0 amide bonds. The van der Waals surface area contributed by atoms with Gasteiger partial charge < -0.3 is 4.42 Å². The SMILES string of the molecule is [2H]c1c([2H])c([2H])c2c(-c3cc4ccccc4c4ccccc34)c3c([2H])c([2H])c([2H])c([2H])c3c(-c3ccc4oc5ccccc5c4c3)c2c1[2H]. The maximum Gasteiger partial charge on any atom is 0.135 e. The summed E-state index contributed by atoms with van der Waals surface area (Å²) in [7, 11) is 0. The molecule has 0 atom stereocenters. The maximum atomic E-state index is 9.36. The van der Waals surface area contributed by atoms with Crippen LogP contribution in [0.3, 0.4) is 0 Å². The summed E-state index contributed by atoms with van der Waals surface area (Å²) in [6, 6.07) is 27.8. The van der Waals surface area contributed by atoms with E-state index in [4.69, 9.17) is 9.90 Å². The van der Waals surface area contributed by atoms with Gasteiger partial charge in [0, 0.05) is 10.8 Å². The van der Waals surface area contributed by atoms with Gasteiger partial charge in [-0.1, -0.05) is 121 Å². The van der Waals surface area contributed by atoms with Gasteiger partial charge in [-0.05, 0) is 89.6 Å². The molecule has 190 valence electrons. The second-order valence-electron chi connectivity index (χ2n) is 10.3. The first-order valence-corrected chi connectivity index (χ1v) is 13.5. The fourth-order valence-electron chi connectivity index (χ4n) is 6.33. The summed E-state index contributed by atoms with van der Waals surface area (Å²) in [5.41, 5.74) is 3.11. The van der Waals surface area contributed by atoms with Crippen LogP contribution in [0, 0.1) is 0 Å². The molecule has 0 spiro atoms. The van der Waals surface area contributed by atoms with Crippen molar-refractivity contribution in [1.29, 1.82) is 0 Å². The molecule has 0 aliphatic rings. The van der Waals surface area contributed by atoms with Crippen LogP contribution in [0.5, 0.6) is 0 Å². The van der Waals surface area contributed by atoms with Gasteiger partial charge in [0.1, 0.15) is 11.2 Å². The smallest absolute Gasteiger partial charge is 0.135 e. The quantitative estimate of drug-likeness (QED) is 0.161. The van der Waals surface area contributed by atoms with Crippen molar-refractivity contribution in [2.75, 3.05) is 0 Å². The highest BCUT2D eigenvalue weighted by Crippen LogP contribution is 2.47. The molecule has 1 aromatic heterocycles. The first kappa shape index (κ1) is 16.0. The van der Waals surface area contributed by atoms with Gasteiger partial charge in [0.2, 0.25) is 0 Å². The topological polar surface area (TPSA) is 13.1 Å². The summed E-state index contributed by atoms with van der Waals surface area (Å²) < 4.78 is 78.6. The molecule has 9 rings (SSSR count). The van der Waals surface area contributed by atoms with Gasteiger partial charge in [-0.25, -0.2) is 0 Å². The summed E-state index contributed by atoms with van der Waals surface area (Å²) in [6.45, 7) is 0. The van der Waals surface area contributed by atoms with Gasteiger partial charge in [-0.15, -0.1) is 0 Å². The number of para-hydroxylation sites is 1. The average Bonchev–Trinajstić information content (AvgIpc) is 3.51. The molecule has 0 radical (unpaired) electrons. The molecule has 0 aliphatic heterocycles. The Kier molecular flexibility index (Phi) is 3.34. The van der Waals surface area contributed by atoms with E-state index in [2.05, 4.69) is 0 Å². The molecule has 1 heterocycles. The van der Waals surface area contributed by atoms with Gasteiger partial charge in [-0.3, -0.25) is 0 Å². The number of fused-ring (bicyclic) bond motifs is 8. The molecule has 0 N–H and O–H groups in total. The first-order chi connectivity index (χ1) is 23.7. The van der Waals surface area contributed by atoms with Crippen molar-refractivity contribution >= 4 is 65.0 Å². The van der Waals surface area contributed by atoms with Gasteiger partial charge in [-0.2, -0.15) is 0 Å². The van der Waals surface area contributed by atoms with Gasteiger partial charge in [0.15, 0.2) is 0 Å². The number of benzene rings is 8. The fourth-order valence-corrected chi connectivity index (χ4v) is 6.33.